The molecular weight excluding hydrogens is 721 g/mol. The number of nitro groups is 1. The topological polar surface area (TPSA) is 173 Å². The van der Waals surface area contributed by atoms with Gasteiger partial charge in [0.2, 0.25) is 0 Å². The third-order valence-corrected chi connectivity index (χ3v) is 13.4. The van der Waals surface area contributed by atoms with E-state index >= 15 is 4.79 Å². The molecule has 1 saturated heterocycles. The molecule has 2 amide bonds. The highest BCUT2D eigenvalue weighted by Crippen LogP contribution is 2.60. The van der Waals surface area contributed by atoms with Crippen LogP contribution in [0.15, 0.2) is 97.2 Å². The number of benzene rings is 4. The van der Waals surface area contributed by atoms with Crippen LogP contribution in [0.5, 0.6) is 11.5 Å². The number of nitrogens with zero attached hydrogens (tertiary/aromatic N) is 6. The number of carbonyl (C=O) groups is 2. The highest BCUT2D eigenvalue weighted by atomic mass is 28.4. The first-order valence-corrected chi connectivity index (χ1v) is 21.2. The second kappa shape index (κ2) is 13.8. The summed E-state index contributed by atoms with van der Waals surface area (Å²) in [6, 6.07) is 26.1. The first kappa shape index (κ1) is 36.2. The number of carbonyl (C=O) groups excluding carboxylic acids is 2. The summed E-state index contributed by atoms with van der Waals surface area (Å²) in [6.07, 6.45) is 1.94. The van der Waals surface area contributed by atoms with E-state index in [1.54, 1.807) is 51.0 Å². The Bertz CT molecular complexity index is 2330. The summed E-state index contributed by atoms with van der Waals surface area (Å²) in [7, 11) is -3.02. The summed E-state index contributed by atoms with van der Waals surface area (Å²) in [4.78, 5) is 55.7. The van der Waals surface area contributed by atoms with Gasteiger partial charge in [-0.25, -0.2) is 0 Å². The average Bonchev–Trinajstić information content (AvgIpc) is 3.78. The number of aryl methyl sites for hydroxylation is 1. The molecule has 4 atom stereocenters. The Labute approximate surface area is 317 Å². The van der Waals surface area contributed by atoms with Gasteiger partial charge < -0.3 is 24.3 Å². The number of hydrogen-bond donors (Lipinski definition) is 2. The smallest absolute Gasteiger partial charge is 0.269 e. The minimum Gasteiger partial charge on any atom is -0.454 e. The number of aromatic nitrogens is 3. The number of aliphatic hydroxyl groups excluding tert-OH is 1. The molecule has 282 valence electrons. The molecule has 3 aliphatic rings. The van der Waals surface area contributed by atoms with Gasteiger partial charge in [-0.05, 0) is 67.5 Å². The van der Waals surface area contributed by atoms with Gasteiger partial charge in [0.1, 0.15) is 5.75 Å². The number of nitro benzene ring substituents is 1. The molecule has 4 aromatic carbocycles. The van der Waals surface area contributed by atoms with Crippen LogP contribution >= 0.6 is 0 Å². The van der Waals surface area contributed by atoms with Crippen LogP contribution in [-0.4, -0.2) is 62.7 Å². The van der Waals surface area contributed by atoms with E-state index in [1.165, 1.54) is 12.1 Å². The Morgan fingerprint density at radius 3 is 2.49 bits per heavy atom. The lowest BCUT2D eigenvalue weighted by atomic mass is 9.82. The van der Waals surface area contributed by atoms with Crippen LogP contribution in [0.3, 0.4) is 0 Å². The SMILES string of the molecule is C[C@H]1[C@H]([Si](C)(C)O)[C@@H](CCn2cc(CCO)nn2)O[C@]12C(=O)N(Cc1cccc(N3C(=O)c4ccccc4Oc4ccccc43)c1)c1ccc([N+](=O)[O-])cc12. The fourth-order valence-corrected chi connectivity index (χ4v) is 11.2. The molecule has 1 spiro atoms. The normalized spacial score (nSPS) is 21.7. The van der Waals surface area contributed by atoms with Gasteiger partial charge in [-0.3, -0.25) is 29.3 Å². The summed E-state index contributed by atoms with van der Waals surface area (Å²) in [5, 5.41) is 29.7. The maximum atomic E-state index is 15.1. The van der Waals surface area contributed by atoms with Crippen LogP contribution in [0.4, 0.5) is 22.7 Å². The van der Waals surface area contributed by atoms with E-state index in [4.69, 9.17) is 9.47 Å². The molecule has 0 saturated carbocycles. The fourth-order valence-electron chi connectivity index (χ4n) is 8.58. The molecule has 1 fully saturated rings. The fraction of sp³-hybridized carbons (Fsp3) is 0.300. The van der Waals surface area contributed by atoms with Crippen molar-refractivity contribution >= 4 is 42.9 Å². The number of fused-ring (bicyclic) bond motifs is 4. The number of non-ortho nitro benzene ring substituents is 1. The van der Waals surface area contributed by atoms with Gasteiger partial charge in [0.25, 0.3) is 17.5 Å². The largest absolute Gasteiger partial charge is 0.454 e. The van der Waals surface area contributed by atoms with E-state index in [9.17, 15) is 24.8 Å². The number of para-hydroxylation sites is 3. The zero-order valence-electron chi connectivity index (χ0n) is 30.5. The third-order valence-electron chi connectivity index (χ3n) is 10.9. The van der Waals surface area contributed by atoms with Crippen molar-refractivity contribution in [2.45, 2.75) is 63.2 Å². The van der Waals surface area contributed by atoms with Gasteiger partial charge in [0.05, 0.1) is 40.2 Å². The summed E-state index contributed by atoms with van der Waals surface area (Å²) in [5.41, 5.74) is 1.55. The molecule has 0 unspecified atom stereocenters. The van der Waals surface area contributed by atoms with Gasteiger partial charge in [-0.1, -0.05) is 48.5 Å². The van der Waals surface area contributed by atoms with Crippen molar-refractivity contribution in [2.24, 2.45) is 5.92 Å². The predicted molar refractivity (Wildman–Crippen MR) is 205 cm³/mol. The zero-order chi connectivity index (χ0) is 38.6. The minimum atomic E-state index is -3.02. The van der Waals surface area contributed by atoms with E-state index in [-0.39, 0.29) is 30.7 Å². The van der Waals surface area contributed by atoms with Crippen LogP contribution in [-0.2, 0) is 34.6 Å². The van der Waals surface area contributed by atoms with E-state index in [0.717, 1.165) is 0 Å². The lowest BCUT2D eigenvalue weighted by molar-refractivity contribution is -0.385. The molecule has 1 aromatic heterocycles. The Kier molecular flexibility index (Phi) is 9.12. The summed E-state index contributed by atoms with van der Waals surface area (Å²) in [5.74, 6) is -0.235. The molecule has 0 aliphatic carbocycles. The zero-order valence-corrected chi connectivity index (χ0v) is 31.5. The average molecular weight is 761 g/mol. The molecule has 5 aromatic rings. The first-order chi connectivity index (χ1) is 26.4. The minimum absolute atomic E-state index is 0.0564. The number of aliphatic hydroxyl groups is 1. The number of ether oxygens (including phenoxy) is 2. The molecule has 8 rings (SSSR count). The molecule has 15 heteroatoms. The number of amides is 2. The van der Waals surface area contributed by atoms with Crippen LogP contribution in [0.25, 0.3) is 0 Å². The summed E-state index contributed by atoms with van der Waals surface area (Å²) >= 11 is 0. The molecule has 2 N–H and O–H groups in total. The molecule has 0 radical (unpaired) electrons. The Hall–Kier alpha value is -5.74. The molecule has 0 bridgehead atoms. The van der Waals surface area contributed by atoms with Crippen LogP contribution < -0.4 is 14.5 Å². The standard InChI is InChI=1S/C40H40N6O8Si/c1-25-37(55(2,3)52)36(17-19-43-24-27(18-20-47)41-42-43)54-40(25)31-22-29(46(50)51)15-16-32(31)44(39(40)49)23-26-9-8-10-28(21-26)45-33-12-5-7-14-35(33)53-34-13-6-4-11-30(34)38(45)48/h4-16,21-22,24-25,36-37,47,52H,17-20,23H2,1-3H3/t25-,36+,37-,40+/m0/s1. The van der Waals surface area contributed by atoms with Crippen LogP contribution in [0, 0.1) is 16.0 Å². The number of rotatable bonds is 10. The van der Waals surface area contributed by atoms with Gasteiger partial charge in [0, 0.05) is 60.6 Å². The predicted octanol–water partition coefficient (Wildman–Crippen LogP) is 6.24. The van der Waals surface area contributed by atoms with Gasteiger partial charge in [0.15, 0.2) is 19.7 Å². The molecule has 14 nitrogen and oxygen atoms in total. The summed E-state index contributed by atoms with van der Waals surface area (Å²) in [6.45, 7) is 5.93. The van der Waals surface area contributed by atoms with Crippen LogP contribution in [0.2, 0.25) is 18.6 Å². The van der Waals surface area contributed by atoms with Crippen molar-refractivity contribution in [3.8, 4) is 11.5 Å². The van der Waals surface area contributed by atoms with E-state index in [1.807, 2.05) is 68.5 Å². The van der Waals surface area contributed by atoms with Gasteiger partial charge >= 0.3 is 0 Å². The van der Waals surface area contributed by atoms with Crippen molar-refractivity contribution in [1.82, 2.24) is 15.0 Å². The molecule has 4 heterocycles. The van der Waals surface area contributed by atoms with Gasteiger partial charge in [-0.15, -0.1) is 5.10 Å². The summed E-state index contributed by atoms with van der Waals surface area (Å²) < 4.78 is 14.7. The molecule has 55 heavy (non-hydrogen) atoms. The molecular formula is C40H40N6O8Si. The third kappa shape index (κ3) is 6.18. The van der Waals surface area contributed by atoms with Crippen LogP contribution in [0.1, 0.15) is 40.5 Å². The lowest BCUT2D eigenvalue weighted by Gasteiger charge is -2.32. The van der Waals surface area contributed by atoms with E-state index < -0.39 is 36.4 Å². The van der Waals surface area contributed by atoms with Crippen molar-refractivity contribution in [3.05, 3.63) is 130 Å². The van der Waals surface area contributed by atoms with Crippen molar-refractivity contribution in [3.63, 3.8) is 0 Å². The van der Waals surface area contributed by atoms with Gasteiger partial charge in [-0.2, -0.15) is 0 Å². The van der Waals surface area contributed by atoms with Crippen molar-refractivity contribution in [1.29, 1.82) is 0 Å². The Balaban J connectivity index is 1.16. The quantitative estimate of drug-likeness (QED) is 0.0943. The maximum absolute atomic E-state index is 15.1. The van der Waals surface area contributed by atoms with E-state index in [2.05, 4.69) is 10.3 Å². The van der Waals surface area contributed by atoms with E-state index in [0.29, 0.717) is 70.3 Å². The second-order valence-electron chi connectivity index (χ2n) is 14.8. The highest BCUT2D eigenvalue weighted by molar-refractivity contribution is 6.71. The monoisotopic (exact) mass is 760 g/mol. The Morgan fingerprint density at radius 2 is 1.73 bits per heavy atom. The number of hydrogen-bond acceptors (Lipinski definition) is 10. The number of anilines is 3. The van der Waals surface area contributed by atoms with Crippen molar-refractivity contribution < 1.29 is 33.9 Å². The molecule has 3 aliphatic heterocycles. The first-order valence-electron chi connectivity index (χ1n) is 18.2. The maximum Gasteiger partial charge on any atom is 0.269 e. The van der Waals surface area contributed by atoms with Crippen molar-refractivity contribution in [2.75, 3.05) is 16.4 Å². The second-order valence-corrected chi connectivity index (χ2v) is 18.8. The Morgan fingerprint density at radius 1 is 0.964 bits per heavy atom. The lowest BCUT2D eigenvalue weighted by Crippen LogP contribution is -2.46. The highest BCUT2D eigenvalue weighted by Gasteiger charge is 2.66.